The molecule has 0 bridgehead atoms. The van der Waals surface area contributed by atoms with Gasteiger partial charge in [0, 0.05) is 29.2 Å². The van der Waals surface area contributed by atoms with E-state index in [1.807, 2.05) is 31.2 Å². The second-order valence-corrected chi connectivity index (χ2v) is 5.23. The number of carbonyl (C=O) groups excluding carboxylic acids is 1. The molecule has 0 unspecified atom stereocenters. The Morgan fingerprint density at radius 2 is 2.17 bits per heavy atom. The molecule has 1 heterocycles. The van der Waals surface area contributed by atoms with E-state index in [0.717, 1.165) is 15.6 Å². The van der Waals surface area contributed by atoms with Crippen LogP contribution in [-0.2, 0) is 6.54 Å². The Labute approximate surface area is 115 Å². The highest BCUT2D eigenvalue weighted by Gasteiger charge is 2.13. The van der Waals surface area contributed by atoms with Crippen LogP contribution in [0.1, 0.15) is 21.5 Å². The van der Waals surface area contributed by atoms with Crippen molar-refractivity contribution in [3.8, 4) is 0 Å². The normalized spacial score (nSPS) is 10.4. The minimum absolute atomic E-state index is 0.000556. The van der Waals surface area contributed by atoms with Crippen molar-refractivity contribution in [3.05, 3.63) is 58.0 Å². The molecule has 2 rings (SSSR count). The van der Waals surface area contributed by atoms with Crippen LogP contribution in [0.5, 0.6) is 0 Å². The van der Waals surface area contributed by atoms with Gasteiger partial charge >= 0.3 is 0 Å². The van der Waals surface area contributed by atoms with E-state index in [1.54, 1.807) is 24.5 Å². The van der Waals surface area contributed by atoms with Gasteiger partial charge in [0.15, 0.2) is 0 Å². The summed E-state index contributed by atoms with van der Waals surface area (Å²) in [7, 11) is 1.78. The Morgan fingerprint density at radius 1 is 1.39 bits per heavy atom. The summed E-state index contributed by atoms with van der Waals surface area (Å²) in [5.41, 5.74) is 2.73. The van der Waals surface area contributed by atoms with Gasteiger partial charge < -0.3 is 9.32 Å². The number of halogens is 1. The molecule has 0 spiro atoms. The second-order valence-electron chi connectivity index (χ2n) is 4.31. The van der Waals surface area contributed by atoms with Gasteiger partial charge in [0.1, 0.15) is 0 Å². The summed E-state index contributed by atoms with van der Waals surface area (Å²) in [4.78, 5) is 13.9. The molecule has 1 aromatic heterocycles. The molecule has 94 valence electrons. The Kier molecular flexibility index (Phi) is 3.87. The van der Waals surface area contributed by atoms with Crippen molar-refractivity contribution in [1.82, 2.24) is 4.90 Å². The van der Waals surface area contributed by atoms with E-state index in [4.69, 9.17) is 4.42 Å². The van der Waals surface area contributed by atoms with E-state index >= 15 is 0 Å². The molecule has 1 amide bonds. The lowest BCUT2D eigenvalue weighted by Crippen LogP contribution is -2.26. The van der Waals surface area contributed by atoms with Gasteiger partial charge in [0.2, 0.25) is 0 Å². The van der Waals surface area contributed by atoms with Gasteiger partial charge in [0.05, 0.1) is 12.5 Å². The summed E-state index contributed by atoms with van der Waals surface area (Å²) in [5.74, 6) is 0.000556. The third-order valence-electron chi connectivity index (χ3n) is 2.64. The lowest BCUT2D eigenvalue weighted by atomic mass is 10.1. The van der Waals surface area contributed by atoms with Crippen molar-refractivity contribution in [2.24, 2.45) is 0 Å². The number of hydrogen-bond donors (Lipinski definition) is 0. The monoisotopic (exact) mass is 307 g/mol. The molecule has 0 aliphatic rings. The molecule has 1 aromatic carbocycles. The van der Waals surface area contributed by atoms with Crippen LogP contribution in [0.25, 0.3) is 0 Å². The van der Waals surface area contributed by atoms with E-state index < -0.39 is 0 Å². The predicted molar refractivity (Wildman–Crippen MR) is 73.4 cm³/mol. The third kappa shape index (κ3) is 3.01. The molecule has 3 nitrogen and oxygen atoms in total. The molecule has 0 atom stereocenters. The van der Waals surface area contributed by atoms with Crippen LogP contribution in [0.15, 0.2) is 45.7 Å². The Balaban J connectivity index is 2.15. The summed E-state index contributed by atoms with van der Waals surface area (Å²) in [5, 5.41) is 0. The number of nitrogens with zero attached hydrogens (tertiary/aromatic N) is 1. The molecule has 2 aromatic rings. The zero-order valence-electron chi connectivity index (χ0n) is 10.3. The van der Waals surface area contributed by atoms with Gasteiger partial charge in [-0.25, -0.2) is 0 Å². The summed E-state index contributed by atoms with van der Waals surface area (Å²) < 4.78 is 5.91. The van der Waals surface area contributed by atoms with Crippen LogP contribution in [0.4, 0.5) is 0 Å². The maximum Gasteiger partial charge on any atom is 0.253 e. The molecule has 0 radical (unpaired) electrons. The average Bonchev–Trinajstić information content (AvgIpc) is 2.79. The average molecular weight is 308 g/mol. The summed E-state index contributed by atoms with van der Waals surface area (Å²) >= 11 is 3.41. The second kappa shape index (κ2) is 5.40. The Hall–Kier alpha value is -1.55. The summed E-state index contributed by atoms with van der Waals surface area (Å²) in [6, 6.07) is 7.56. The van der Waals surface area contributed by atoms with Crippen molar-refractivity contribution in [3.63, 3.8) is 0 Å². The third-order valence-corrected chi connectivity index (χ3v) is 3.09. The van der Waals surface area contributed by atoms with Crippen LogP contribution >= 0.6 is 15.9 Å². The van der Waals surface area contributed by atoms with Crippen molar-refractivity contribution in [2.75, 3.05) is 7.05 Å². The van der Waals surface area contributed by atoms with Crippen molar-refractivity contribution in [1.29, 1.82) is 0 Å². The lowest BCUT2D eigenvalue weighted by molar-refractivity contribution is 0.0785. The van der Waals surface area contributed by atoms with Crippen LogP contribution in [-0.4, -0.2) is 17.9 Å². The lowest BCUT2D eigenvalue weighted by Gasteiger charge is -2.16. The fraction of sp³-hybridized carbons (Fsp3) is 0.214. The number of rotatable bonds is 3. The summed E-state index contributed by atoms with van der Waals surface area (Å²) in [6.45, 7) is 2.51. The largest absolute Gasteiger partial charge is 0.472 e. The van der Waals surface area contributed by atoms with Crippen LogP contribution in [0, 0.1) is 6.92 Å². The van der Waals surface area contributed by atoms with E-state index in [1.165, 1.54) is 0 Å². The molecule has 0 aliphatic heterocycles. The Morgan fingerprint density at radius 3 is 2.78 bits per heavy atom. The maximum atomic E-state index is 12.2. The van der Waals surface area contributed by atoms with Gasteiger partial charge in [-0.1, -0.05) is 15.9 Å². The molecule has 4 heteroatoms. The smallest absolute Gasteiger partial charge is 0.253 e. The first-order valence-electron chi connectivity index (χ1n) is 5.60. The van der Waals surface area contributed by atoms with Crippen molar-refractivity contribution >= 4 is 21.8 Å². The maximum absolute atomic E-state index is 12.2. The van der Waals surface area contributed by atoms with Crippen LogP contribution in [0.2, 0.25) is 0 Å². The van der Waals surface area contributed by atoms with E-state index in [0.29, 0.717) is 12.1 Å². The fourth-order valence-corrected chi connectivity index (χ4v) is 2.42. The number of benzene rings is 1. The van der Waals surface area contributed by atoms with E-state index in [9.17, 15) is 4.79 Å². The van der Waals surface area contributed by atoms with Crippen LogP contribution in [0.3, 0.4) is 0 Å². The molecule has 18 heavy (non-hydrogen) atoms. The number of aryl methyl sites for hydroxylation is 1. The zero-order chi connectivity index (χ0) is 13.1. The van der Waals surface area contributed by atoms with Gasteiger partial charge in [0.25, 0.3) is 5.91 Å². The van der Waals surface area contributed by atoms with Gasteiger partial charge in [-0.15, -0.1) is 0 Å². The minimum Gasteiger partial charge on any atom is -0.472 e. The molecule has 0 N–H and O–H groups in total. The number of carbonyl (C=O) groups is 1. The molecule has 0 saturated heterocycles. The highest BCUT2D eigenvalue weighted by atomic mass is 79.9. The molecular formula is C14H14BrNO2. The number of hydrogen-bond acceptors (Lipinski definition) is 2. The van der Waals surface area contributed by atoms with Crippen molar-refractivity contribution in [2.45, 2.75) is 13.5 Å². The van der Waals surface area contributed by atoms with Crippen LogP contribution < -0.4 is 0 Å². The highest BCUT2D eigenvalue weighted by molar-refractivity contribution is 9.10. The predicted octanol–water partition coefficient (Wildman–Crippen LogP) is 3.62. The first kappa shape index (κ1) is 12.9. The quantitative estimate of drug-likeness (QED) is 0.867. The van der Waals surface area contributed by atoms with Gasteiger partial charge in [-0.2, -0.15) is 0 Å². The molecule has 0 fully saturated rings. The topological polar surface area (TPSA) is 33.5 Å². The first-order chi connectivity index (χ1) is 8.56. The van der Waals surface area contributed by atoms with Gasteiger partial charge in [-0.05, 0) is 36.8 Å². The highest BCUT2D eigenvalue weighted by Crippen LogP contribution is 2.17. The fourth-order valence-electron chi connectivity index (χ4n) is 1.81. The summed E-state index contributed by atoms with van der Waals surface area (Å²) in [6.07, 6.45) is 3.26. The van der Waals surface area contributed by atoms with E-state index in [-0.39, 0.29) is 5.91 Å². The molecular weight excluding hydrogens is 294 g/mol. The number of amides is 1. The standard InChI is InChI=1S/C14H14BrNO2/c1-10-5-12(7-13(15)6-10)14(17)16(2)8-11-3-4-18-9-11/h3-7,9H,8H2,1-2H3. The minimum atomic E-state index is 0.000556. The molecule has 0 saturated carbocycles. The first-order valence-corrected chi connectivity index (χ1v) is 6.39. The van der Waals surface area contributed by atoms with Gasteiger partial charge in [-0.3, -0.25) is 4.79 Å². The van der Waals surface area contributed by atoms with E-state index in [2.05, 4.69) is 15.9 Å². The molecule has 0 aliphatic carbocycles. The zero-order valence-corrected chi connectivity index (χ0v) is 11.9. The van der Waals surface area contributed by atoms with Crippen molar-refractivity contribution < 1.29 is 9.21 Å². The number of furan rings is 1. The SMILES string of the molecule is Cc1cc(Br)cc(C(=O)N(C)Cc2ccoc2)c1. The Bertz CT molecular complexity index is 529.